The van der Waals surface area contributed by atoms with Crippen LogP contribution in [0.3, 0.4) is 0 Å². The Morgan fingerprint density at radius 3 is 2.83 bits per heavy atom. The first kappa shape index (κ1) is 21.7. The number of carbonyl (C=O) groups is 1. The number of hydrogen-bond acceptors (Lipinski definition) is 8. The van der Waals surface area contributed by atoms with Gasteiger partial charge in [0, 0.05) is 31.9 Å². The molecule has 0 spiro atoms. The number of imidazole rings is 2. The molecule has 0 saturated carbocycles. The molecular weight excluding hydrogens is 464 g/mol. The molecule has 1 aromatic carbocycles. The summed E-state index contributed by atoms with van der Waals surface area (Å²) in [6, 6.07) is 11.6. The van der Waals surface area contributed by atoms with Crippen LogP contribution in [0.15, 0.2) is 48.9 Å². The highest BCUT2D eigenvalue weighted by Gasteiger charge is 2.31. The Morgan fingerprint density at radius 1 is 1.14 bits per heavy atom. The second kappa shape index (κ2) is 8.75. The third-order valence-corrected chi connectivity index (χ3v) is 7.42. The lowest BCUT2D eigenvalue weighted by Gasteiger charge is -2.40. The van der Waals surface area contributed by atoms with Crippen LogP contribution in [0.1, 0.15) is 11.9 Å². The quantitative estimate of drug-likeness (QED) is 0.391. The Bertz CT molecular complexity index is 1490. The molecule has 4 aromatic heterocycles. The fourth-order valence-electron chi connectivity index (χ4n) is 4.62. The number of fused-ring (bicyclic) bond motifs is 2. The van der Waals surface area contributed by atoms with E-state index in [0.29, 0.717) is 36.1 Å². The van der Waals surface area contributed by atoms with Crippen molar-refractivity contribution in [3.05, 3.63) is 53.9 Å². The van der Waals surface area contributed by atoms with Crippen molar-refractivity contribution in [1.82, 2.24) is 34.4 Å². The average molecular weight is 489 g/mol. The number of para-hydroxylation sites is 2. The number of benzene rings is 1. The summed E-state index contributed by atoms with van der Waals surface area (Å²) in [6.07, 6.45) is 3.38. The number of nitrogens with one attached hydrogen (secondary N) is 1. The number of thiazole rings is 1. The van der Waals surface area contributed by atoms with Gasteiger partial charge in [-0.05, 0) is 31.2 Å². The number of rotatable bonds is 5. The number of aliphatic hydroxyl groups is 1. The minimum absolute atomic E-state index is 0.00203. The molecule has 1 aliphatic rings. The third kappa shape index (κ3) is 3.92. The minimum Gasteiger partial charge on any atom is -0.389 e. The molecule has 1 amide bonds. The van der Waals surface area contributed by atoms with Crippen molar-refractivity contribution in [2.75, 3.05) is 24.5 Å². The van der Waals surface area contributed by atoms with E-state index in [-0.39, 0.29) is 25.1 Å². The summed E-state index contributed by atoms with van der Waals surface area (Å²) in [4.78, 5) is 38.8. The molecule has 11 heteroatoms. The minimum atomic E-state index is -0.126. The van der Waals surface area contributed by atoms with Crippen LogP contribution in [-0.2, 0) is 17.9 Å². The van der Waals surface area contributed by atoms with Gasteiger partial charge in [0.15, 0.2) is 11.5 Å². The van der Waals surface area contributed by atoms with Gasteiger partial charge in [0.25, 0.3) is 0 Å². The van der Waals surface area contributed by atoms with Gasteiger partial charge in [-0.3, -0.25) is 4.79 Å². The molecule has 6 rings (SSSR count). The lowest BCUT2D eigenvalue weighted by atomic mass is 10.2. The number of H-pyrrole nitrogens is 1. The van der Waals surface area contributed by atoms with Gasteiger partial charge < -0.3 is 24.5 Å². The van der Waals surface area contributed by atoms with E-state index in [9.17, 15) is 9.90 Å². The molecule has 1 aliphatic heterocycles. The number of carbonyl (C=O) groups excluding carboxylic acids is 1. The number of hydrogen-bond donors (Lipinski definition) is 2. The monoisotopic (exact) mass is 488 g/mol. The molecular formula is C24H24N8O2S. The predicted octanol–water partition coefficient (Wildman–Crippen LogP) is 2.66. The van der Waals surface area contributed by atoms with Gasteiger partial charge in [-0.25, -0.2) is 19.9 Å². The van der Waals surface area contributed by atoms with E-state index in [0.717, 1.165) is 27.2 Å². The zero-order valence-electron chi connectivity index (χ0n) is 19.1. The molecule has 35 heavy (non-hydrogen) atoms. The topological polar surface area (TPSA) is 116 Å². The van der Waals surface area contributed by atoms with E-state index >= 15 is 0 Å². The van der Waals surface area contributed by atoms with Crippen LogP contribution in [0.4, 0.5) is 5.00 Å². The SMILES string of the molecule is CC1CN(c2sc(CO)nc2-c2nc3ccccc3[nH]2)CCN1C(=O)Cn1cnc2cccnc21. The second-order valence-electron chi connectivity index (χ2n) is 8.62. The van der Waals surface area contributed by atoms with Crippen molar-refractivity contribution in [3.63, 3.8) is 0 Å². The zero-order valence-corrected chi connectivity index (χ0v) is 19.9. The Balaban J connectivity index is 1.22. The maximum atomic E-state index is 13.2. The maximum Gasteiger partial charge on any atom is 0.242 e. The summed E-state index contributed by atoms with van der Waals surface area (Å²) in [5, 5.41) is 11.4. The van der Waals surface area contributed by atoms with Gasteiger partial charge in [0.2, 0.25) is 5.91 Å². The van der Waals surface area contributed by atoms with E-state index < -0.39 is 0 Å². The number of aliphatic hydroxyl groups excluding tert-OH is 1. The van der Waals surface area contributed by atoms with Gasteiger partial charge in [-0.15, -0.1) is 0 Å². The van der Waals surface area contributed by atoms with Gasteiger partial charge in [-0.1, -0.05) is 23.5 Å². The number of anilines is 1. The van der Waals surface area contributed by atoms with Crippen molar-refractivity contribution in [1.29, 1.82) is 0 Å². The number of amides is 1. The van der Waals surface area contributed by atoms with E-state index in [4.69, 9.17) is 4.98 Å². The average Bonchev–Trinajstić information content (AvgIpc) is 3.60. The Morgan fingerprint density at radius 2 is 2.00 bits per heavy atom. The first-order valence-electron chi connectivity index (χ1n) is 11.5. The van der Waals surface area contributed by atoms with E-state index in [1.165, 1.54) is 11.3 Å². The molecule has 1 fully saturated rings. The molecule has 0 aliphatic carbocycles. The van der Waals surface area contributed by atoms with Crippen LogP contribution in [0, 0.1) is 0 Å². The van der Waals surface area contributed by atoms with Crippen LogP contribution in [-0.4, -0.2) is 71.1 Å². The molecule has 1 saturated heterocycles. The number of aromatic nitrogens is 6. The Labute approximate surface area is 204 Å². The predicted molar refractivity (Wildman–Crippen MR) is 134 cm³/mol. The van der Waals surface area contributed by atoms with Crippen LogP contribution in [0.25, 0.3) is 33.7 Å². The van der Waals surface area contributed by atoms with Crippen LogP contribution >= 0.6 is 11.3 Å². The Kier molecular flexibility index (Phi) is 5.42. The molecule has 10 nitrogen and oxygen atoms in total. The molecule has 1 unspecified atom stereocenters. The van der Waals surface area contributed by atoms with Gasteiger partial charge >= 0.3 is 0 Å². The molecule has 5 aromatic rings. The molecule has 0 radical (unpaired) electrons. The highest BCUT2D eigenvalue weighted by molar-refractivity contribution is 7.16. The second-order valence-corrected chi connectivity index (χ2v) is 9.68. The Hall–Kier alpha value is -3.83. The standard InChI is InChI=1S/C24H24N8O2S/c1-15-11-30(9-10-32(15)20(34)12-31-14-26-18-7-4-8-25-23(18)31)24-21(29-19(13-33)35-24)22-27-16-5-2-3-6-17(16)28-22/h2-8,14-15,33H,9-13H2,1H3,(H,27,28). The molecule has 0 bridgehead atoms. The highest BCUT2D eigenvalue weighted by Crippen LogP contribution is 2.37. The van der Waals surface area contributed by atoms with E-state index in [1.54, 1.807) is 17.1 Å². The summed E-state index contributed by atoms with van der Waals surface area (Å²) in [5.41, 5.74) is 4.04. The fourth-order valence-corrected chi connectivity index (χ4v) is 5.58. The first-order valence-corrected chi connectivity index (χ1v) is 12.3. The molecule has 1 atom stereocenters. The van der Waals surface area contributed by atoms with Gasteiger partial charge in [0.1, 0.15) is 27.8 Å². The summed E-state index contributed by atoms with van der Waals surface area (Å²) < 4.78 is 1.80. The lowest BCUT2D eigenvalue weighted by Crippen LogP contribution is -2.54. The summed E-state index contributed by atoms with van der Waals surface area (Å²) >= 11 is 1.47. The van der Waals surface area contributed by atoms with Gasteiger partial charge in [0.05, 0.1) is 24.0 Å². The van der Waals surface area contributed by atoms with Crippen molar-refractivity contribution >= 4 is 44.4 Å². The van der Waals surface area contributed by atoms with Crippen LogP contribution in [0.2, 0.25) is 0 Å². The molecule has 5 heterocycles. The lowest BCUT2D eigenvalue weighted by molar-refractivity contribution is -0.134. The van der Waals surface area contributed by atoms with Crippen molar-refractivity contribution < 1.29 is 9.90 Å². The summed E-state index contributed by atoms with van der Waals surface area (Å²) in [5.74, 6) is 0.725. The number of aromatic amines is 1. The number of piperazine rings is 1. The summed E-state index contributed by atoms with van der Waals surface area (Å²) in [7, 11) is 0. The maximum absolute atomic E-state index is 13.2. The molecule has 2 N–H and O–H groups in total. The van der Waals surface area contributed by atoms with E-state index in [1.807, 2.05) is 41.3 Å². The van der Waals surface area contributed by atoms with Crippen molar-refractivity contribution in [2.24, 2.45) is 0 Å². The summed E-state index contributed by atoms with van der Waals surface area (Å²) in [6.45, 7) is 4.06. The first-order chi connectivity index (χ1) is 17.1. The van der Waals surface area contributed by atoms with Gasteiger partial charge in [-0.2, -0.15) is 0 Å². The van der Waals surface area contributed by atoms with Crippen LogP contribution in [0.5, 0.6) is 0 Å². The highest BCUT2D eigenvalue weighted by atomic mass is 32.1. The van der Waals surface area contributed by atoms with Crippen molar-refractivity contribution in [3.8, 4) is 11.5 Å². The largest absolute Gasteiger partial charge is 0.389 e. The van der Waals surface area contributed by atoms with Crippen LogP contribution < -0.4 is 4.90 Å². The molecule has 178 valence electrons. The van der Waals surface area contributed by atoms with E-state index in [2.05, 4.69) is 31.8 Å². The third-order valence-electron chi connectivity index (χ3n) is 6.32. The fraction of sp³-hybridized carbons (Fsp3) is 0.292. The number of nitrogens with zero attached hydrogens (tertiary/aromatic N) is 7. The smallest absolute Gasteiger partial charge is 0.242 e. The van der Waals surface area contributed by atoms with Crippen molar-refractivity contribution in [2.45, 2.75) is 26.1 Å². The normalized spacial score (nSPS) is 16.5. The zero-order chi connectivity index (χ0) is 23.9. The number of pyridine rings is 1.